The molecule has 0 saturated carbocycles. The van der Waals surface area contributed by atoms with Crippen LogP contribution < -0.4 is 5.43 Å². The summed E-state index contributed by atoms with van der Waals surface area (Å²) in [5.41, 5.74) is 7.36. The molecule has 156 valence electrons. The minimum absolute atomic E-state index is 0.111. The largest absolute Gasteiger partial charge is 0.507 e. The van der Waals surface area contributed by atoms with Gasteiger partial charge in [0, 0.05) is 5.56 Å². The molecule has 0 aliphatic rings. The molecule has 0 fully saturated rings. The topological polar surface area (TPSA) is 79.5 Å². The average molecular weight is 431 g/mol. The van der Waals surface area contributed by atoms with Crippen LogP contribution in [-0.2, 0) is 11.3 Å². The van der Waals surface area contributed by atoms with E-state index in [9.17, 15) is 9.90 Å². The molecule has 0 saturated heterocycles. The lowest BCUT2D eigenvalue weighted by molar-refractivity contribution is -0.118. The fraction of sp³-hybridized carbons (Fsp3) is 0.125. The van der Waals surface area contributed by atoms with Crippen molar-refractivity contribution in [2.75, 3.05) is 5.75 Å². The second-order valence-electron chi connectivity index (χ2n) is 7.10. The van der Waals surface area contributed by atoms with Crippen LogP contribution in [-0.4, -0.2) is 32.5 Å². The number of nitrogens with one attached hydrogen (secondary N) is 1. The Kier molecular flexibility index (Phi) is 6.33. The van der Waals surface area contributed by atoms with Gasteiger partial charge in [-0.15, -0.1) is 0 Å². The molecular formula is C24H22N4O2S. The first-order chi connectivity index (χ1) is 15.1. The summed E-state index contributed by atoms with van der Waals surface area (Å²) in [6, 6.07) is 23.2. The number of para-hydroxylation sites is 3. The normalized spacial score (nSPS) is 11.3. The van der Waals surface area contributed by atoms with E-state index in [1.807, 2.05) is 24.3 Å². The lowest BCUT2D eigenvalue weighted by Gasteiger charge is -2.09. The van der Waals surface area contributed by atoms with Crippen LogP contribution in [0.4, 0.5) is 0 Å². The first kappa shape index (κ1) is 20.7. The third-order valence-corrected chi connectivity index (χ3v) is 5.72. The number of hydrogen-bond acceptors (Lipinski definition) is 5. The first-order valence-electron chi connectivity index (χ1n) is 9.83. The summed E-state index contributed by atoms with van der Waals surface area (Å²) in [4.78, 5) is 17.0. The van der Waals surface area contributed by atoms with Crippen molar-refractivity contribution in [3.05, 3.63) is 89.5 Å². The van der Waals surface area contributed by atoms with Gasteiger partial charge in [0.25, 0.3) is 5.91 Å². The molecule has 0 unspecified atom stereocenters. The summed E-state index contributed by atoms with van der Waals surface area (Å²) in [5.74, 6) is 0.0420. The van der Waals surface area contributed by atoms with E-state index in [-0.39, 0.29) is 17.4 Å². The molecule has 0 atom stereocenters. The van der Waals surface area contributed by atoms with Gasteiger partial charge in [-0.1, -0.05) is 65.9 Å². The van der Waals surface area contributed by atoms with Crippen molar-refractivity contribution < 1.29 is 9.90 Å². The van der Waals surface area contributed by atoms with Crippen molar-refractivity contribution in [2.24, 2.45) is 5.10 Å². The number of thioether (sulfide) groups is 1. The maximum absolute atomic E-state index is 12.3. The van der Waals surface area contributed by atoms with Crippen LogP contribution in [0.3, 0.4) is 0 Å². The summed E-state index contributed by atoms with van der Waals surface area (Å²) in [6.45, 7) is 2.74. The highest BCUT2D eigenvalue weighted by molar-refractivity contribution is 7.99. The first-order valence-corrected chi connectivity index (χ1v) is 10.8. The molecule has 31 heavy (non-hydrogen) atoms. The van der Waals surface area contributed by atoms with Gasteiger partial charge in [0.2, 0.25) is 0 Å². The monoisotopic (exact) mass is 430 g/mol. The Balaban J connectivity index is 1.46. The molecule has 0 spiro atoms. The fourth-order valence-corrected chi connectivity index (χ4v) is 3.93. The van der Waals surface area contributed by atoms with Gasteiger partial charge < -0.3 is 9.67 Å². The molecule has 1 amide bonds. The average Bonchev–Trinajstić information content (AvgIpc) is 3.12. The van der Waals surface area contributed by atoms with Gasteiger partial charge in [-0.25, -0.2) is 10.4 Å². The van der Waals surface area contributed by atoms with Gasteiger partial charge in [-0.2, -0.15) is 5.10 Å². The van der Waals surface area contributed by atoms with Gasteiger partial charge in [-0.3, -0.25) is 4.79 Å². The molecule has 0 radical (unpaired) electrons. The Bertz CT molecular complexity index is 1230. The number of imidazole rings is 1. The number of phenolic OH excluding ortho intramolecular Hbond substituents is 1. The number of benzene rings is 3. The fourth-order valence-electron chi connectivity index (χ4n) is 3.13. The number of carbonyl (C=O) groups excluding carboxylic acids is 1. The molecule has 0 aliphatic heterocycles. The number of aromatic nitrogens is 2. The Morgan fingerprint density at radius 3 is 2.65 bits per heavy atom. The van der Waals surface area contributed by atoms with Crippen molar-refractivity contribution in [3.63, 3.8) is 0 Å². The van der Waals surface area contributed by atoms with Crippen LogP contribution >= 0.6 is 11.8 Å². The molecule has 7 heteroatoms. The van der Waals surface area contributed by atoms with E-state index in [1.54, 1.807) is 24.3 Å². The Morgan fingerprint density at radius 1 is 1.10 bits per heavy atom. The third-order valence-electron chi connectivity index (χ3n) is 4.74. The van der Waals surface area contributed by atoms with Crippen molar-refractivity contribution in [2.45, 2.75) is 18.6 Å². The minimum atomic E-state index is -0.245. The molecule has 0 aliphatic carbocycles. The number of phenols is 1. The van der Waals surface area contributed by atoms with E-state index in [4.69, 9.17) is 4.98 Å². The number of aromatic hydroxyl groups is 1. The van der Waals surface area contributed by atoms with E-state index in [1.165, 1.54) is 29.1 Å². The zero-order valence-electron chi connectivity index (χ0n) is 17.0. The van der Waals surface area contributed by atoms with Gasteiger partial charge >= 0.3 is 0 Å². The highest BCUT2D eigenvalue weighted by Gasteiger charge is 2.13. The molecule has 2 N–H and O–H groups in total. The summed E-state index contributed by atoms with van der Waals surface area (Å²) in [7, 11) is 0. The Hall–Kier alpha value is -3.58. The van der Waals surface area contributed by atoms with Gasteiger partial charge in [0.15, 0.2) is 5.16 Å². The summed E-state index contributed by atoms with van der Waals surface area (Å²) < 4.78 is 2.13. The van der Waals surface area contributed by atoms with Crippen molar-refractivity contribution >= 4 is 34.9 Å². The van der Waals surface area contributed by atoms with Crippen LogP contribution in [0.2, 0.25) is 0 Å². The number of amides is 1. The number of rotatable bonds is 7. The molecule has 4 rings (SSSR count). The van der Waals surface area contributed by atoms with E-state index >= 15 is 0 Å². The van der Waals surface area contributed by atoms with Crippen molar-refractivity contribution in [1.29, 1.82) is 0 Å². The molecule has 0 bridgehead atoms. The van der Waals surface area contributed by atoms with Crippen LogP contribution in [0.25, 0.3) is 11.0 Å². The standard InChI is InChI=1S/C24H22N4O2S/c1-17-10-12-18(13-11-17)15-28-21-8-4-3-7-20(21)26-24(28)31-16-23(30)27-25-14-19-6-2-5-9-22(19)29/h2-14,29H,15-16H2,1H3,(H,27,30)/b25-14+. The van der Waals surface area contributed by atoms with Crippen LogP contribution in [0, 0.1) is 6.92 Å². The second kappa shape index (κ2) is 9.49. The van der Waals surface area contributed by atoms with Gasteiger partial charge in [-0.05, 0) is 36.8 Å². The van der Waals surface area contributed by atoms with Gasteiger partial charge in [0.05, 0.1) is 29.5 Å². The van der Waals surface area contributed by atoms with E-state index < -0.39 is 0 Å². The number of aryl methyl sites for hydroxylation is 1. The van der Waals surface area contributed by atoms with Crippen molar-refractivity contribution in [1.82, 2.24) is 15.0 Å². The lowest BCUT2D eigenvalue weighted by atomic mass is 10.1. The van der Waals surface area contributed by atoms with Crippen LogP contribution in [0.15, 0.2) is 83.1 Å². The SMILES string of the molecule is Cc1ccc(Cn2c(SCC(=O)N/N=C/c3ccccc3O)nc3ccccc32)cc1. The third kappa shape index (κ3) is 5.13. The highest BCUT2D eigenvalue weighted by Crippen LogP contribution is 2.25. The second-order valence-corrected chi connectivity index (χ2v) is 8.04. The molecule has 6 nitrogen and oxygen atoms in total. The molecule has 3 aromatic carbocycles. The molecule has 1 aromatic heterocycles. The molecule has 1 heterocycles. The summed E-state index contributed by atoms with van der Waals surface area (Å²) in [5, 5.41) is 14.5. The number of hydrazone groups is 1. The van der Waals surface area contributed by atoms with E-state index in [2.05, 4.69) is 46.3 Å². The molecular weight excluding hydrogens is 408 g/mol. The zero-order chi connectivity index (χ0) is 21.6. The Morgan fingerprint density at radius 2 is 1.84 bits per heavy atom. The van der Waals surface area contributed by atoms with Crippen LogP contribution in [0.5, 0.6) is 5.75 Å². The van der Waals surface area contributed by atoms with E-state index in [0.29, 0.717) is 12.1 Å². The quantitative estimate of drug-likeness (QED) is 0.260. The highest BCUT2D eigenvalue weighted by atomic mass is 32.2. The maximum Gasteiger partial charge on any atom is 0.250 e. The lowest BCUT2D eigenvalue weighted by Crippen LogP contribution is -2.20. The summed E-state index contributed by atoms with van der Waals surface area (Å²) in [6.07, 6.45) is 1.42. The number of hydrogen-bond donors (Lipinski definition) is 2. The maximum atomic E-state index is 12.3. The number of fused-ring (bicyclic) bond motifs is 1. The van der Waals surface area contributed by atoms with E-state index in [0.717, 1.165) is 16.2 Å². The number of carbonyl (C=O) groups is 1. The predicted molar refractivity (Wildman–Crippen MR) is 125 cm³/mol. The smallest absolute Gasteiger partial charge is 0.250 e. The molecule has 4 aromatic rings. The van der Waals surface area contributed by atoms with Crippen molar-refractivity contribution in [3.8, 4) is 5.75 Å². The minimum Gasteiger partial charge on any atom is -0.507 e. The predicted octanol–water partition coefficient (Wildman–Crippen LogP) is 4.34. The number of nitrogens with zero attached hydrogens (tertiary/aromatic N) is 3. The zero-order valence-corrected chi connectivity index (χ0v) is 17.8. The van der Waals surface area contributed by atoms with Crippen LogP contribution in [0.1, 0.15) is 16.7 Å². The Labute approximate surface area is 184 Å². The summed E-state index contributed by atoms with van der Waals surface area (Å²) >= 11 is 1.37. The van der Waals surface area contributed by atoms with Gasteiger partial charge in [0.1, 0.15) is 5.75 Å².